The van der Waals surface area contributed by atoms with Gasteiger partial charge in [-0.3, -0.25) is 14.7 Å². The summed E-state index contributed by atoms with van der Waals surface area (Å²) in [6.45, 7) is 1.85. The van der Waals surface area contributed by atoms with Crippen molar-refractivity contribution in [1.82, 2.24) is 15.5 Å². The second-order valence-electron chi connectivity index (χ2n) is 5.29. The molecule has 1 atom stereocenters. The van der Waals surface area contributed by atoms with Gasteiger partial charge in [-0.1, -0.05) is 12.8 Å². The van der Waals surface area contributed by atoms with E-state index in [0.717, 1.165) is 18.4 Å². The van der Waals surface area contributed by atoms with E-state index in [0.29, 0.717) is 12.8 Å². The number of hydrogen-bond acceptors (Lipinski definition) is 3. The fraction of sp³-hybridized carbons (Fsp3) is 0.615. The Kier molecular flexibility index (Phi) is 3.87. The molecule has 0 radical (unpaired) electrons. The first-order valence-electron chi connectivity index (χ1n) is 6.55. The van der Waals surface area contributed by atoms with Crippen LogP contribution in [-0.4, -0.2) is 27.2 Å². The molecule has 1 fully saturated rings. The Morgan fingerprint density at radius 1 is 1.53 bits per heavy atom. The summed E-state index contributed by atoms with van der Waals surface area (Å²) in [5.74, 6) is -1.06. The Morgan fingerprint density at radius 3 is 2.74 bits per heavy atom. The summed E-state index contributed by atoms with van der Waals surface area (Å²) in [7, 11) is 0. The van der Waals surface area contributed by atoms with Crippen LogP contribution in [0.25, 0.3) is 0 Å². The van der Waals surface area contributed by atoms with Crippen LogP contribution in [0.4, 0.5) is 0 Å². The molecule has 1 aliphatic carbocycles. The van der Waals surface area contributed by atoms with Crippen molar-refractivity contribution in [2.45, 2.75) is 45.1 Å². The van der Waals surface area contributed by atoms with Gasteiger partial charge in [0.2, 0.25) is 5.91 Å². The zero-order valence-corrected chi connectivity index (χ0v) is 11.0. The third kappa shape index (κ3) is 2.94. The number of carboxylic acid groups (broad SMARTS) is 1. The van der Waals surface area contributed by atoms with E-state index in [9.17, 15) is 14.7 Å². The molecule has 104 valence electrons. The Bertz CT molecular complexity index is 450. The van der Waals surface area contributed by atoms with E-state index in [1.807, 2.05) is 6.92 Å². The molecule has 1 aromatic heterocycles. The molecule has 0 aliphatic heterocycles. The number of aromatic nitrogens is 2. The van der Waals surface area contributed by atoms with Crippen molar-refractivity contribution in [3.63, 3.8) is 0 Å². The molecule has 6 heteroatoms. The van der Waals surface area contributed by atoms with Gasteiger partial charge in [-0.25, -0.2) is 0 Å². The van der Waals surface area contributed by atoms with Crippen LogP contribution in [0.1, 0.15) is 50.6 Å². The molecule has 3 N–H and O–H groups in total. The highest BCUT2D eigenvalue weighted by Gasteiger charge is 2.43. The standard InChI is InChI=1S/C13H19N3O3/c1-9(10-7-14-15-8-10)16-11(17)6-13(12(18)19)4-2-3-5-13/h7-9H,2-6H2,1H3,(H,14,15)(H,16,17)(H,18,19). The number of carbonyl (C=O) groups excluding carboxylic acids is 1. The normalized spacial score (nSPS) is 19.0. The molecular formula is C13H19N3O3. The second kappa shape index (κ2) is 5.42. The molecule has 0 spiro atoms. The van der Waals surface area contributed by atoms with Gasteiger partial charge < -0.3 is 10.4 Å². The van der Waals surface area contributed by atoms with Gasteiger partial charge in [0.15, 0.2) is 0 Å². The summed E-state index contributed by atoms with van der Waals surface area (Å²) in [5, 5.41) is 18.7. The summed E-state index contributed by atoms with van der Waals surface area (Å²) < 4.78 is 0. The number of aliphatic carboxylic acids is 1. The minimum atomic E-state index is -0.861. The molecule has 1 unspecified atom stereocenters. The van der Waals surface area contributed by atoms with Gasteiger partial charge in [0.05, 0.1) is 17.7 Å². The van der Waals surface area contributed by atoms with Crippen molar-refractivity contribution in [1.29, 1.82) is 0 Å². The Morgan fingerprint density at radius 2 is 2.21 bits per heavy atom. The molecule has 1 heterocycles. The lowest BCUT2D eigenvalue weighted by Gasteiger charge is -2.24. The highest BCUT2D eigenvalue weighted by molar-refractivity contribution is 5.85. The van der Waals surface area contributed by atoms with Crippen LogP contribution >= 0.6 is 0 Å². The van der Waals surface area contributed by atoms with E-state index in [1.54, 1.807) is 12.4 Å². The molecule has 1 amide bonds. The first-order chi connectivity index (χ1) is 9.03. The van der Waals surface area contributed by atoms with E-state index < -0.39 is 11.4 Å². The molecule has 0 bridgehead atoms. The number of amides is 1. The maximum atomic E-state index is 12.0. The highest BCUT2D eigenvalue weighted by atomic mass is 16.4. The van der Waals surface area contributed by atoms with Crippen molar-refractivity contribution in [2.75, 3.05) is 0 Å². The SMILES string of the molecule is CC(NC(=O)CC1(C(=O)O)CCCC1)c1cn[nH]c1. The number of nitrogens with zero attached hydrogens (tertiary/aromatic N) is 1. The number of hydrogen-bond donors (Lipinski definition) is 3. The topological polar surface area (TPSA) is 95.1 Å². The fourth-order valence-electron chi connectivity index (χ4n) is 2.70. The van der Waals surface area contributed by atoms with E-state index in [4.69, 9.17) is 0 Å². The van der Waals surface area contributed by atoms with Crippen molar-refractivity contribution >= 4 is 11.9 Å². The van der Waals surface area contributed by atoms with Gasteiger partial charge in [-0.05, 0) is 19.8 Å². The summed E-state index contributed by atoms with van der Waals surface area (Å²) in [4.78, 5) is 23.4. The predicted molar refractivity (Wildman–Crippen MR) is 68.3 cm³/mol. The van der Waals surface area contributed by atoms with Crippen LogP contribution in [0.3, 0.4) is 0 Å². The molecule has 1 saturated carbocycles. The third-order valence-electron chi connectivity index (χ3n) is 3.91. The highest BCUT2D eigenvalue weighted by Crippen LogP contribution is 2.41. The first-order valence-corrected chi connectivity index (χ1v) is 6.55. The number of carboxylic acids is 1. The molecule has 1 aromatic rings. The number of rotatable bonds is 5. The average molecular weight is 265 g/mol. The van der Waals surface area contributed by atoms with E-state index in [1.165, 1.54) is 0 Å². The van der Waals surface area contributed by atoms with Gasteiger partial charge in [0, 0.05) is 18.2 Å². The van der Waals surface area contributed by atoms with Gasteiger partial charge in [-0.15, -0.1) is 0 Å². The minimum absolute atomic E-state index is 0.0600. The lowest BCUT2D eigenvalue weighted by molar-refractivity contribution is -0.151. The smallest absolute Gasteiger partial charge is 0.310 e. The van der Waals surface area contributed by atoms with Gasteiger partial charge >= 0.3 is 5.97 Å². The number of aromatic amines is 1. The van der Waals surface area contributed by atoms with E-state index in [2.05, 4.69) is 15.5 Å². The van der Waals surface area contributed by atoms with Crippen molar-refractivity contribution in [3.05, 3.63) is 18.0 Å². The number of H-pyrrole nitrogens is 1. The lowest BCUT2D eigenvalue weighted by atomic mass is 9.82. The van der Waals surface area contributed by atoms with Gasteiger partial charge in [0.1, 0.15) is 0 Å². The summed E-state index contributed by atoms with van der Waals surface area (Å²) in [5.41, 5.74) is 0.0179. The summed E-state index contributed by atoms with van der Waals surface area (Å²) in [6.07, 6.45) is 6.38. The van der Waals surface area contributed by atoms with Crippen LogP contribution in [0, 0.1) is 5.41 Å². The first kappa shape index (κ1) is 13.6. The zero-order chi connectivity index (χ0) is 13.9. The fourth-order valence-corrected chi connectivity index (χ4v) is 2.70. The second-order valence-corrected chi connectivity index (χ2v) is 5.29. The van der Waals surface area contributed by atoms with Crippen molar-refractivity contribution in [2.24, 2.45) is 5.41 Å². The predicted octanol–water partition coefficient (Wildman–Crippen LogP) is 1.62. The third-order valence-corrected chi connectivity index (χ3v) is 3.91. The van der Waals surface area contributed by atoms with Crippen LogP contribution in [0.15, 0.2) is 12.4 Å². The molecule has 1 aliphatic rings. The summed E-state index contributed by atoms with van der Waals surface area (Å²) >= 11 is 0. The minimum Gasteiger partial charge on any atom is -0.481 e. The molecular weight excluding hydrogens is 246 g/mol. The molecule has 2 rings (SSSR count). The number of carbonyl (C=O) groups is 2. The maximum Gasteiger partial charge on any atom is 0.310 e. The van der Waals surface area contributed by atoms with Crippen LogP contribution < -0.4 is 5.32 Å². The summed E-state index contributed by atoms with van der Waals surface area (Å²) in [6, 6.07) is -0.168. The molecule has 6 nitrogen and oxygen atoms in total. The Hall–Kier alpha value is -1.85. The van der Waals surface area contributed by atoms with E-state index in [-0.39, 0.29) is 18.4 Å². The average Bonchev–Trinajstić information content (AvgIpc) is 2.99. The monoisotopic (exact) mass is 265 g/mol. The van der Waals surface area contributed by atoms with Gasteiger partial charge in [-0.2, -0.15) is 5.10 Å². The largest absolute Gasteiger partial charge is 0.481 e. The lowest BCUT2D eigenvalue weighted by Crippen LogP contribution is -2.36. The van der Waals surface area contributed by atoms with Crippen LogP contribution in [0.2, 0.25) is 0 Å². The quantitative estimate of drug-likeness (QED) is 0.754. The van der Waals surface area contributed by atoms with Crippen LogP contribution in [0.5, 0.6) is 0 Å². The number of nitrogens with one attached hydrogen (secondary N) is 2. The molecule has 0 aromatic carbocycles. The van der Waals surface area contributed by atoms with Crippen LogP contribution in [-0.2, 0) is 9.59 Å². The van der Waals surface area contributed by atoms with E-state index >= 15 is 0 Å². The Labute approximate surface area is 111 Å². The molecule has 19 heavy (non-hydrogen) atoms. The Balaban J connectivity index is 1.95. The van der Waals surface area contributed by atoms with Gasteiger partial charge in [0.25, 0.3) is 0 Å². The van der Waals surface area contributed by atoms with Crippen molar-refractivity contribution < 1.29 is 14.7 Å². The zero-order valence-electron chi connectivity index (χ0n) is 11.0. The van der Waals surface area contributed by atoms with Crippen molar-refractivity contribution in [3.8, 4) is 0 Å². The maximum absolute atomic E-state index is 12.0. The molecule has 0 saturated heterocycles.